The van der Waals surface area contributed by atoms with E-state index in [1.165, 1.54) is 56.9 Å². The molecule has 2 atom stereocenters. The SMILES string of the molecule is Cc1ccc(C2(N)CCCCC2C2CCCCC2)cn1. The van der Waals surface area contributed by atoms with Crippen molar-refractivity contribution in [3.05, 3.63) is 29.6 Å². The van der Waals surface area contributed by atoms with Crippen molar-refractivity contribution in [2.75, 3.05) is 0 Å². The van der Waals surface area contributed by atoms with Crippen molar-refractivity contribution in [3.8, 4) is 0 Å². The topological polar surface area (TPSA) is 38.9 Å². The van der Waals surface area contributed by atoms with Crippen molar-refractivity contribution < 1.29 is 0 Å². The number of hydrogen-bond acceptors (Lipinski definition) is 2. The lowest BCUT2D eigenvalue weighted by molar-refractivity contribution is 0.0983. The summed E-state index contributed by atoms with van der Waals surface area (Å²) in [7, 11) is 0. The van der Waals surface area contributed by atoms with Crippen LogP contribution in [0.4, 0.5) is 0 Å². The van der Waals surface area contributed by atoms with Crippen molar-refractivity contribution in [3.63, 3.8) is 0 Å². The molecule has 2 N–H and O–H groups in total. The second kappa shape index (κ2) is 5.85. The maximum absolute atomic E-state index is 6.97. The molecule has 20 heavy (non-hydrogen) atoms. The molecule has 2 saturated carbocycles. The summed E-state index contributed by atoms with van der Waals surface area (Å²) in [5, 5.41) is 0. The highest BCUT2D eigenvalue weighted by atomic mass is 14.8. The van der Waals surface area contributed by atoms with Crippen molar-refractivity contribution in [1.82, 2.24) is 4.98 Å². The zero-order chi connectivity index (χ0) is 14.0. The van der Waals surface area contributed by atoms with Crippen LogP contribution in [0.3, 0.4) is 0 Å². The Labute approximate surface area is 123 Å². The van der Waals surface area contributed by atoms with E-state index in [1.807, 2.05) is 13.1 Å². The predicted octanol–water partition coefficient (Wildman–Crippen LogP) is 4.31. The number of hydrogen-bond donors (Lipinski definition) is 1. The van der Waals surface area contributed by atoms with Crippen LogP contribution in [0.2, 0.25) is 0 Å². The van der Waals surface area contributed by atoms with Gasteiger partial charge in [0.15, 0.2) is 0 Å². The Morgan fingerprint density at radius 1 is 1.05 bits per heavy atom. The van der Waals surface area contributed by atoms with Crippen molar-refractivity contribution in [1.29, 1.82) is 0 Å². The first-order valence-electron chi connectivity index (χ1n) is 8.42. The quantitative estimate of drug-likeness (QED) is 0.871. The first-order valence-corrected chi connectivity index (χ1v) is 8.42. The van der Waals surface area contributed by atoms with Crippen LogP contribution in [0.15, 0.2) is 18.3 Å². The second-order valence-electron chi connectivity index (χ2n) is 6.98. The Bertz CT molecular complexity index is 433. The summed E-state index contributed by atoms with van der Waals surface area (Å²) in [6.07, 6.45) is 14.1. The molecule has 2 heteroatoms. The van der Waals surface area contributed by atoms with Gasteiger partial charge in [0.25, 0.3) is 0 Å². The highest BCUT2D eigenvalue weighted by molar-refractivity contribution is 5.24. The second-order valence-corrected chi connectivity index (χ2v) is 6.98. The van der Waals surface area contributed by atoms with Gasteiger partial charge in [-0.3, -0.25) is 4.98 Å². The van der Waals surface area contributed by atoms with Crippen molar-refractivity contribution in [2.24, 2.45) is 17.6 Å². The van der Waals surface area contributed by atoms with Gasteiger partial charge in [-0.05, 0) is 43.2 Å². The molecule has 2 aliphatic carbocycles. The van der Waals surface area contributed by atoms with Crippen LogP contribution in [-0.4, -0.2) is 4.98 Å². The van der Waals surface area contributed by atoms with E-state index in [0.717, 1.165) is 18.0 Å². The summed E-state index contributed by atoms with van der Waals surface area (Å²) in [5.74, 6) is 1.51. The molecule has 0 aliphatic heterocycles. The number of pyridine rings is 1. The Balaban J connectivity index is 1.88. The third-order valence-electron chi connectivity index (χ3n) is 5.68. The third-order valence-corrected chi connectivity index (χ3v) is 5.68. The first kappa shape index (κ1) is 14.1. The minimum atomic E-state index is -0.124. The minimum Gasteiger partial charge on any atom is -0.321 e. The molecule has 0 spiro atoms. The summed E-state index contributed by atoms with van der Waals surface area (Å²) in [6, 6.07) is 4.35. The smallest absolute Gasteiger partial charge is 0.0456 e. The zero-order valence-electron chi connectivity index (χ0n) is 12.8. The Morgan fingerprint density at radius 2 is 1.80 bits per heavy atom. The van der Waals surface area contributed by atoms with Gasteiger partial charge < -0.3 is 5.73 Å². The van der Waals surface area contributed by atoms with E-state index in [9.17, 15) is 0 Å². The lowest BCUT2D eigenvalue weighted by Crippen LogP contribution is -2.49. The fourth-order valence-electron chi connectivity index (χ4n) is 4.52. The van der Waals surface area contributed by atoms with Gasteiger partial charge in [-0.2, -0.15) is 0 Å². The number of aromatic nitrogens is 1. The molecule has 2 unspecified atom stereocenters. The molecule has 1 aromatic heterocycles. The van der Waals surface area contributed by atoms with Gasteiger partial charge in [0.1, 0.15) is 0 Å². The van der Waals surface area contributed by atoms with Crippen LogP contribution in [0.1, 0.15) is 69.0 Å². The minimum absolute atomic E-state index is 0.124. The van der Waals surface area contributed by atoms with Gasteiger partial charge in [-0.1, -0.05) is 51.0 Å². The molecule has 1 aromatic rings. The number of nitrogens with two attached hydrogens (primary N) is 1. The maximum atomic E-state index is 6.97. The van der Waals surface area contributed by atoms with E-state index in [4.69, 9.17) is 5.73 Å². The number of rotatable bonds is 2. The van der Waals surface area contributed by atoms with Crippen LogP contribution in [0.25, 0.3) is 0 Å². The fraction of sp³-hybridized carbons (Fsp3) is 0.722. The van der Waals surface area contributed by atoms with Gasteiger partial charge in [0.05, 0.1) is 0 Å². The summed E-state index contributed by atoms with van der Waals surface area (Å²) in [6.45, 7) is 2.05. The van der Waals surface area contributed by atoms with Crippen LogP contribution in [0, 0.1) is 18.8 Å². The van der Waals surface area contributed by atoms with Crippen LogP contribution >= 0.6 is 0 Å². The largest absolute Gasteiger partial charge is 0.321 e. The molecular formula is C18H28N2. The molecule has 0 amide bonds. The van der Waals surface area contributed by atoms with Gasteiger partial charge >= 0.3 is 0 Å². The fourth-order valence-corrected chi connectivity index (χ4v) is 4.52. The summed E-state index contributed by atoms with van der Waals surface area (Å²) in [5.41, 5.74) is 9.20. The molecule has 0 bridgehead atoms. The molecule has 110 valence electrons. The number of aryl methyl sites for hydroxylation is 1. The van der Waals surface area contributed by atoms with E-state index in [2.05, 4.69) is 17.1 Å². The van der Waals surface area contributed by atoms with E-state index >= 15 is 0 Å². The molecule has 0 aromatic carbocycles. The van der Waals surface area contributed by atoms with Crippen molar-refractivity contribution >= 4 is 0 Å². The summed E-state index contributed by atoms with van der Waals surface area (Å²) in [4.78, 5) is 4.50. The molecule has 2 fully saturated rings. The summed E-state index contributed by atoms with van der Waals surface area (Å²) < 4.78 is 0. The lowest BCUT2D eigenvalue weighted by Gasteiger charge is -2.46. The highest BCUT2D eigenvalue weighted by Gasteiger charge is 2.42. The Morgan fingerprint density at radius 3 is 2.50 bits per heavy atom. The van der Waals surface area contributed by atoms with Crippen LogP contribution in [-0.2, 0) is 5.54 Å². The monoisotopic (exact) mass is 272 g/mol. The van der Waals surface area contributed by atoms with Crippen LogP contribution < -0.4 is 5.73 Å². The average molecular weight is 272 g/mol. The molecule has 0 saturated heterocycles. The molecule has 2 aliphatic rings. The van der Waals surface area contributed by atoms with E-state index in [-0.39, 0.29) is 5.54 Å². The van der Waals surface area contributed by atoms with Gasteiger partial charge in [-0.15, -0.1) is 0 Å². The average Bonchev–Trinajstić information content (AvgIpc) is 2.49. The van der Waals surface area contributed by atoms with Gasteiger partial charge in [0.2, 0.25) is 0 Å². The molecule has 1 heterocycles. The third kappa shape index (κ3) is 2.63. The molecular weight excluding hydrogens is 244 g/mol. The molecule has 0 radical (unpaired) electrons. The standard InChI is InChI=1S/C18H28N2/c1-14-10-11-16(13-20-14)18(19)12-6-5-9-17(18)15-7-3-2-4-8-15/h10-11,13,15,17H,2-9,12,19H2,1H3. The molecule has 2 nitrogen and oxygen atoms in total. The lowest BCUT2D eigenvalue weighted by atomic mass is 9.62. The number of nitrogens with zero attached hydrogens (tertiary/aromatic N) is 1. The zero-order valence-corrected chi connectivity index (χ0v) is 12.8. The van der Waals surface area contributed by atoms with E-state index in [0.29, 0.717) is 5.92 Å². The van der Waals surface area contributed by atoms with Gasteiger partial charge in [0, 0.05) is 17.4 Å². The van der Waals surface area contributed by atoms with Crippen LogP contribution in [0.5, 0.6) is 0 Å². The summed E-state index contributed by atoms with van der Waals surface area (Å²) >= 11 is 0. The van der Waals surface area contributed by atoms with E-state index in [1.54, 1.807) is 0 Å². The van der Waals surface area contributed by atoms with Crippen molar-refractivity contribution in [2.45, 2.75) is 70.3 Å². The normalized spacial score (nSPS) is 32.2. The molecule has 3 rings (SSSR count). The Kier molecular flexibility index (Phi) is 4.11. The maximum Gasteiger partial charge on any atom is 0.0456 e. The Hall–Kier alpha value is -0.890. The predicted molar refractivity (Wildman–Crippen MR) is 83.4 cm³/mol. The first-order chi connectivity index (χ1) is 9.70. The van der Waals surface area contributed by atoms with E-state index < -0.39 is 0 Å². The highest BCUT2D eigenvalue weighted by Crippen LogP contribution is 2.47. The van der Waals surface area contributed by atoms with Gasteiger partial charge in [-0.25, -0.2) is 0 Å².